The quantitative estimate of drug-likeness (QED) is 0.833. The number of aromatic nitrogens is 4. The Morgan fingerprint density at radius 3 is 3.00 bits per heavy atom. The normalized spacial score (nSPS) is 18.0. The number of hydrogen-bond donors (Lipinski definition) is 1. The largest absolute Gasteiger partial charge is 0.340 e. The second kappa shape index (κ2) is 7.10. The highest BCUT2D eigenvalue weighted by atomic mass is 35.5. The van der Waals surface area contributed by atoms with E-state index < -0.39 is 0 Å². The van der Waals surface area contributed by atoms with Crippen molar-refractivity contribution in [1.29, 1.82) is 0 Å². The van der Waals surface area contributed by atoms with Gasteiger partial charge in [0.15, 0.2) is 5.65 Å². The average Bonchev–Trinajstić information content (AvgIpc) is 2.92. The minimum Gasteiger partial charge on any atom is -0.340 e. The molecule has 2 aromatic rings. The van der Waals surface area contributed by atoms with E-state index in [1.807, 2.05) is 11.9 Å². The smallest absolute Gasteiger partial charge is 0.264 e. The summed E-state index contributed by atoms with van der Waals surface area (Å²) in [4.78, 5) is 30.8. The Bertz CT molecular complexity index is 755. The van der Waals surface area contributed by atoms with E-state index in [0.717, 1.165) is 19.4 Å². The van der Waals surface area contributed by atoms with E-state index in [-0.39, 0.29) is 30.4 Å². The Morgan fingerprint density at radius 2 is 2.26 bits per heavy atom. The first-order valence-electron chi connectivity index (χ1n) is 7.42. The van der Waals surface area contributed by atoms with E-state index in [1.165, 1.54) is 17.1 Å². The van der Waals surface area contributed by atoms with Gasteiger partial charge in [-0.1, -0.05) is 0 Å². The fraction of sp³-hybridized carbons (Fsp3) is 0.571. The molecule has 1 amide bonds. The molecule has 1 aliphatic rings. The molecular weight excluding hydrogens is 320 g/mol. The first-order valence-corrected chi connectivity index (χ1v) is 7.42. The van der Waals surface area contributed by atoms with Gasteiger partial charge in [-0.15, -0.1) is 12.4 Å². The summed E-state index contributed by atoms with van der Waals surface area (Å²) in [6, 6.07) is 0.327. The van der Waals surface area contributed by atoms with E-state index in [0.29, 0.717) is 23.6 Å². The number of hydrogen-bond acceptors (Lipinski definition) is 5. The summed E-state index contributed by atoms with van der Waals surface area (Å²) >= 11 is 0. The van der Waals surface area contributed by atoms with E-state index in [9.17, 15) is 9.59 Å². The zero-order valence-electron chi connectivity index (χ0n) is 13.2. The number of aryl methyl sites for hydroxylation is 1. The predicted octanol–water partition coefficient (Wildman–Crippen LogP) is -0.238. The number of nitrogens with one attached hydrogen (secondary N) is 1. The van der Waals surface area contributed by atoms with Gasteiger partial charge in [-0.25, -0.2) is 4.98 Å². The first kappa shape index (κ1) is 17.4. The van der Waals surface area contributed by atoms with Crippen LogP contribution in [0.2, 0.25) is 0 Å². The third-order valence-corrected chi connectivity index (χ3v) is 4.21. The van der Waals surface area contributed by atoms with Gasteiger partial charge in [-0.2, -0.15) is 5.10 Å². The highest BCUT2D eigenvalue weighted by Crippen LogP contribution is 2.10. The number of halogens is 1. The van der Waals surface area contributed by atoms with Gasteiger partial charge in [0.25, 0.3) is 5.56 Å². The fourth-order valence-electron chi connectivity index (χ4n) is 2.86. The molecule has 8 nitrogen and oxygen atoms in total. The number of piperidine rings is 1. The maximum Gasteiger partial charge on any atom is 0.264 e. The fourth-order valence-corrected chi connectivity index (χ4v) is 2.86. The second-order valence-electron chi connectivity index (χ2n) is 5.65. The summed E-state index contributed by atoms with van der Waals surface area (Å²) in [7, 11) is 3.64. The van der Waals surface area contributed by atoms with Gasteiger partial charge >= 0.3 is 0 Å². The van der Waals surface area contributed by atoms with Crippen LogP contribution in [0, 0.1) is 0 Å². The molecule has 0 radical (unpaired) electrons. The highest BCUT2D eigenvalue weighted by Gasteiger charge is 2.23. The molecule has 1 atom stereocenters. The van der Waals surface area contributed by atoms with Gasteiger partial charge in [0.1, 0.15) is 18.3 Å². The van der Waals surface area contributed by atoms with Crippen molar-refractivity contribution >= 4 is 29.3 Å². The number of rotatable bonds is 3. The molecule has 23 heavy (non-hydrogen) atoms. The Kier molecular flexibility index (Phi) is 5.38. The number of amides is 1. The third-order valence-electron chi connectivity index (χ3n) is 4.21. The molecule has 2 aromatic heterocycles. The van der Waals surface area contributed by atoms with Crippen LogP contribution in [-0.4, -0.2) is 56.3 Å². The zero-order valence-corrected chi connectivity index (χ0v) is 14.0. The van der Waals surface area contributed by atoms with E-state index in [1.54, 1.807) is 11.7 Å². The summed E-state index contributed by atoms with van der Waals surface area (Å²) in [6.45, 7) is 1.45. The Labute approximate surface area is 139 Å². The lowest BCUT2D eigenvalue weighted by Gasteiger charge is -2.32. The number of fused-ring (bicyclic) bond motifs is 1. The van der Waals surface area contributed by atoms with Crippen molar-refractivity contribution in [3.63, 3.8) is 0 Å². The van der Waals surface area contributed by atoms with Gasteiger partial charge < -0.3 is 10.2 Å². The van der Waals surface area contributed by atoms with Crippen LogP contribution in [0.25, 0.3) is 11.0 Å². The molecule has 3 heterocycles. The minimum absolute atomic E-state index is 0. The molecule has 1 N–H and O–H groups in total. The van der Waals surface area contributed by atoms with Gasteiger partial charge in [0.05, 0.1) is 6.20 Å². The van der Waals surface area contributed by atoms with Crippen LogP contribution in [0.4, 0.5) is 0 Å². The van der Waals surface area contributed by atoms with Crippen LogP contribution in [0.1, 0.15) is 12.8 Å². The van der Waals surface area contributed by atoms with Crippen LogP contribution in [0.5, 0.6) is 0 Å². The SMILES string of the molecule is CNC1CCCN(C(=O)Cn2cnc3c(cnn3C)c2=O)C1.Cl. The molecule has 1 saturated heterocycles. The molecule has 0 bridgehead atoms. The van der Waals surface area contributed by atoms with Crippen LogP contribution in [0.15, 0.2) is 17.3 Å². The summed E-state index contributed by atoms with van der Waals surface area (Å²) in [5.74, 6) is -0.0490. The predicted molar refractivity (Wildman–Crippen MR) is 88.7 cm³/mol. The summed E-state index contributed by atoms with van der Waals surface area (Å²) < 4.78 is 2.90. The molecule has 1 unspecified atom stereocenters. The molecule has 3 rings (SSSR count). The number of carbonyl (C=O) groups is 1. The van der Waals surface area contributed by atoms with E-state index in [2.05, 4.69) is 15.4 Å². The summed E-state index contributed by atoms with van der Waals surface area (Å²) in [5.41, 5.74) is 0.301. The number of likely N-dealkylation sites (tertiary alicyclic amines) is 1. The lowest BCUT2D eigenvalue weighted by Crippen LogP contribution is -2.48. The maximum atomic E-state index is 12.4. The molecule has 0 aromatic carbocycles. The second-order valence-corrected chi connectivity index (χ2v) is 5.65. The third kappa shape index (κ3) is 3.37. The Hall–Kier alpha value is -1.93. The van der Waals surface area contributed by atoms with Crippen LogP contribution < -0.4 is 10.9 Å². The monoisotopic (exact) mass is 340 g/mol. The molecule has 0 spiro atoms. The molecular formula is C14H21ClN6O2. The number of likely N-dealkylation sites (N-methyl/N-ethyl adjacent to an activating group) is 1. The molecule has 9 heteroatoms. The lowest BCUT2D eigenvalue weighted by molar-refractivity contribution is -0.133. The van der Waals surface area contributed by atoms with Crippen molar-refractivity contribution in [3.8, 4) is 0 Å². The zero-order chi connectivity index (χ0) is 15.7. The Morgan fingerprint density at radius 1 is 1.48 bits per heavy atom. The van der Waals surface area contributed by atoms with Gasteiger partial charge in [-0.05, 0) is 19.9 Å². The van der Waals surface area contributed by atoms with Gasteiger partial charge in [0.2, 0.25) is 5.91 Å². The summed E-state index contributed by atoms with van der Waals surface area (Å²) in [5, 5.41) is 7.66. The number of nitrogens with zero attached hydrogens (tertiary/aromatic N) is 5. The van der Waals surface area contributed by atoms with Crippen molar-refractivity contribution in [1.82, 2.24) is 29.5 Å². The summed E-state index contributed by atoms with van der Waals surface area (Å²) in [6.07, 6.45) is 4.96. The molecule has 1 aliphatic heterocycles. The van der Waals surface area contributed by atoms with Crippen LogP contribution >= 0.6 is 12.4 Å². The van der Waals surface area contributed by atoms with Crippen molar-refractivity contribution < 1.29 is 4.79 Å². The van der Waals surface area contributed by atoms with Crippen molar-refractivity contribution in [3.05, 3.63) is 22.9 Å². The minimum atomic E-state index is -0.228. The number of carbonyl (C=O) groups excluding carboxylic acids is 1. The molecule has 126 valence electrons. The van der Waals surface area contributed by atoms with Gasteiger partial charge in [-0.3, -0.25) is 18.8 Å². The molecule has 0 aliphatic carbocycles. The Balaban J connectivity index is 0.00000192. The highest BCUT2D eigenvalue weighted by molar-refractivity contribution is 5.85. The maximum absolute atomic E-state index is 12.4. The van der Waals surface area contributed by atoms with E-state index in [4.69, 9.17) is 0 Å². The van der Waals surface area contributed by atoms with Crippen molar-refractivity contribution in [2.45, 2.75) is 25.4 Å². The average molecular weight is 341 g/mol. The van der Waals surface area contributed by atoms with Crippen molar-refractivity contribution in [2.75, 3.05) is 20.1 Å². The topological polar surface area (TPSA) is 85.1 Å². The van der Waals surface area contributed by atoms with E-state index >= 15 is 0 Å². The standard InChI is InChI=1S/C14H20N6O2.ClH/c1-15-10-4-3-5-19(7-10)12(21)8-20-9-16-13-11(14(20)22)6-17-18(13)2;/h6,9-10,15H,3-5,7-8H2,1-2H3;1H. The van der Waals surface area contributed by atoms with Crippen LogP contribution in [0.3, 0.4) is 0 Å². The van der Waals surface area contributed by atoms with Crippen LogP contribution in [-0.2, 0) is 18.4 Å². The first-order chi connectivity index (χ1) is 10.6. The molecule has 1 fully saturated rings. The van der Waals surface area contributed by atoms with Crippen molar-refractivity contribution in [2.24, 2.45) is 7.05 Å². The molecule has 0 saturated carbocycles. The van der Waals surface area contributed by atoms with Gasteiger partial charge in [0, 0.05) is 26.2 Å². The lowest BCUT2D eigenvalue weighted by atomic mass is 10.1.